The third kappa shape index (κ3) is 4.33. The number of nitrogens with zero attached hydrogens (tertiary/aromatic N) is 4. The molecule has 2 heterocycles. The summed E-state index contributed by atoms with van der Waals surface area (Å²) in [7, 11) is 3.38. The number of nitrogens with one attached hydrogen (secondary N) is 1. The Balaban J connectivity index is 1.73. The van der Waals surface area contributed by atoms with E-state index in [2.05, 4.69) is 20.3 Å². The Morgan fingerprint density at radius 2 is 1.70 bits per heavy atom. The van der Waals surface area contributed by atoms with Crippen molar-refractivity contribution in [2.24, 2.45) is 0 Å². The van der Waals surface area contributed by atoms with E-state index in [9.17, 15) is 9.59 Å². The third-order valence-corrected chi connectivity index (χ3v) is 3.97. The molecule has 0 bridgehead atoms. The number of carbonyl (C=O) groups excluding carboxylic acids is 2. The highest BCUT2D eigenvalue weighted by Gasteiger charge is 2.16. The maximum Gasteiger partial charge on any atom is 0.257 e. The van der Waals surface area contributed by atoms with Crippen LogP contribution in [0.25, 0.3) is 11.3 Å². The Kier molecular flexibility index (Phi) is 5.51. The van der Waals surface area contributed by atoms with E-state index in [0.717, 1.165) is 11.1 Å². The van der Waals surface area contributed by atoms with E-state index in [1.54, 1.807) is 38.6 Å². The molecule has 3 aromatic rings. The molecule has 2 amide bonds. The van der Waals surface area contributed by atoms with Crippen LogP contribution in [0.15, 0.2) is 61.3 Å². The number of hydrogen-bond acceptors (Lipinski definition) is 5. The van der Waals surface area contributed by atoms with Crippen LogP contribution >= 0.6 is 0 Å². The van der Waals surface area contributed by atoms with Crippen molar-refractivity contribution in [3.05, 3.63) is 78.0 Å². The summed E-state index contributed by atoms with van der Waals surface area (Å²) >= 11 is 0. The number of aromatic nitrogens is 3. The average Bonchev–Trinajstić information content (AvgIpc) is 2.72. The molecule has 136 valence electrons. The summed E-state index contributed by atoms with van der Waals surface area (Å²) in [6.07, 6.45) is 6.11. The van der Waals surface area contributed by atoms with Crippen LogP contribution in [-0.2, 0) is 6.54 Å². The standard InChI is InChI=1S/C20H19N5O2/c1-25(2)20(27)17-12-22-13-24-18(17)15-5-3-14(4-6-15)11-23-19(26)16-7-9-21-10-8-16/h3-10,12-13H,11H2,1-2H3,(H,23,26). The molecule has 0 aliphatic rings. The van der Waals surface area contributed by atoms with E-state index in [-0.39, 0.29) is 11.8 Å². The number of benzene rings is 1. The van der Waals surface area contributed by atoms with Gasteiger partial charge >= 0.3 is 0 Å². The van der Waals surface area contributed by atoms with Crippen molar-refractivity contribution in [2.45, 2.75) is 6.54 Å². The Labute approximate surface area is 157 Å². The molecule has 1 N–H and O–H groups in total. The predicted molar refractivity (Wildman–Crippen MR) is 101 cm³/mol. The lowest BCUT2D eigenvalue weighted by Gasteiger charge is -2.13. The molecule has 0 radical (unpaired) electrons. The zero-order valence-corrected chi connectivity index (χ0v) is 15.1. The maximum absolute atomic E-state index is 12.3. The summed E-state index contributed by atoms with van der Waals surface area (Å²) in [5, 5.41) is 2.87. The van der Waals surface area contributed by atoms with Crippen LogP contribution in [-0.4, -0.2) is 45.8 Å². The summed E-state index contributed by atoms with van der Waals surface area (Å²) < 4.78 is 0. The molecule has 2 aromatic heterocycles. The molecular formula is C20H19N5O2. The van der Waals surface area contributed by atoms with Crippen LogP contribution in [0, 0.1) is 0 Å². The highest BCUT2D eigenvalue weighted by molar-refractivity contribution is 5.99. The fourth-order valence-electron chi connectivity index (χ4n) is 2.53. The molecular weight excluding hydrogens is 342 g/mol. The minimum absolute atomic E-state index is 0.153. The highest BCUT2D eigenvalue weighted by Crippen LogP contribution is 2.22. The van der Waals surface area contributed by atoms with Crippen LogP contribution in [0.5, 0.6) is 0 Å². The lowest BCUT2D eigenvalue weighted by Crippen LogP contribution is -2.23. The first-order valence-corrected chi connectivity index (χ1v) is 8.35. The zero-order chi connectivity index (χ0) is 19.2. The Morgan fingerprint density at radius 3 is 2.37 bits per heavy atom. The molecule has 0 aliphatic heterocycles. The van der Waals surface area contributed by atoms with Crippen LogP contribution in [0.4, 0.5) is 0 Å². The van der Waals surface area contributed by atoms with Crippen molar-refractivity contribution < 1.29 is 9.59 Å². The van der Waals surface area contributed by atoms with Crippen molar-refractivity contribution in [2.75, 3.05) is 14.1 Å². The number of hydrogen-bond donors (Lipinski definition) is 1. The van der Waals surface area contributed by atoms with Crippen molar-refractivity contribution >= 4 is 11.8 Å². The normalized spacial score (nSPS) is 10.3. The van der Waals surface area contributed by atoms with E-state index in [1.165, 1.54) is 17.4 Å². The largest absolute Gasteiger partial charge is 0.348 e. The summed E-state index contributed by atoms with van der Waals surface area (Å²) in [5.41, 5.74) is 3.34. The number of rotatable bonds is 5. The SMILES string of the molecule is CN(C)C(=O)c1cncnc1-c1ccc(CNC(=O)c2ccncc2)cc1. The van der Waals surface area contributed by atoms with Gasteiger partial charge in [-0.3, -0.25) is 14.6 Å². The molecule has 0 saturated carbocycles. The van der Waals surface area contributed by atoms with Crippen molar-refractivity contribution in [3.8, 4) is 11.3 Å². The Hall–Kier alpha value is -3.61. The second kappa shape index (κ2) is 8.18. The topological polar surface area (TPSA) is 88.1 Å². The molecule has 0 saturated heterocycles. The Bertz CT molecular complexity index is 940. The van der Waals surface area contributed by atoms with Gasteiger partial charge in [0.25, 0.3) is 11.8 Å². The minimum Gasteiger partial charge on any atom is -0.348 e. The molecule has 27 heavy (non-hydrogen) atoms. The van der Waals surface area contributed by atoms with E-state index in [0.29, 0.717) is 23.4 Å². The molecule has 1 aromatic carbocycles. The zero-order valence-electron chi connectivity index (χ0n) is 15.1. The van der Waals surface area contributed by atoms with E-state index in [4.69, 9.17) is 0 Å². The van der Waals surface area contributed by atoms with E-state index < -0.39 is 0 Å². The van der Waals surface area contributed by atoms with Gasteiger partial charge in [0, 0.05) is 50.4 Å². The number of pyridine rings is 1. The first-order chi connectivity index (χ1) is 13.1. The first-order valence-electron chi connectivity index (χ1n) is 8.35. The van der Waals surface area contributed by atoms with Gasteiger partial charge in [-0.15, -0.1) is 0 Å². The molecule has 7 nitrogen and oxygen atoms in total. The van der Waals surface area contributed by atoms with Gasteiger partial charge in [-0.2, -0.15) is 0 Å². The van der Waals surface area contributed by atoms with E-state index in [1.807, 2.05) is 24.3 Å². The van der Waals surface area contributed by atoms with Crippen molar-refractivity contribution in [3.63, 3.8) is 0 Å². The summed E-state index contributed by atoms with van der Waals surface area (Å²) in [6, 6.07) is 10.9. The second-order valence-electron chi connectivity index (χ2n) is 6.10. The van der Waals surface area contributed by atoms with Crippen LogP contribution in [0.2, 0.25) is 0 Å². The fraction of sp³-hybridized carbons (Fsp3) is 0.150. The van der Waals surface area contributed by atoms with Crippen LogP contribution in [0.1, 0.15) is 26.3 Å². The minimum atomic E-state index is -0.156. The summed E-state index contributed by atoms with van der Waals surface area (Å²) in [4.78, 5) is 38.0. The van der Waals surface area contributed by atoms with Gasteiger partial charge in [-0.25, -0.2) is 9.97 Å². The highest BCUT2D eigenvalue weighted by atomic mass is 16.2. The molecule has 0 fully saturated rings. The smallest absolute Gasteiger partial charge is 0.257 e. The van der Waals surface area contributed by atoms with Gasteiger partial charge in [0.1, 0.15) is 6.33 Å². The van der Waals surface area contributed by atoms with Gasteiger partial charge in [-0.05, 0) is 17.7 Å². The first kappa shape index (κ1) is 18.2. The molecule has 0 atom stereocenters. The van der Waals surface area contributed by atoms with Crippen molar-refractivity contribution in [1.82, 2.24) is 25.2 Å². The van der Waals surface area contributed by atoms with Crippen molar-refractivity contribution in [1.29, 1.82) is 0 Å². The quantitative estimate of drug-likeness (QED) is 0.752. The molecule has 3 rings (SSSR count). The van der Waals surface area contributed by atoms with Crippen LogP contribution in [0.3, 0.4) is 0 Å². The van der Waals surface area contributed by atoms with Gasteiger partial charge < -0.3 is 10.2 Å². The monoisotopic (exact) mass is 361 g/mol. The maximum atomic E-state index is 12.3. The molecule has 0 aliphatic carbocycles. The average molecular weight is 361 g/mol. The lowest BCUT2D eigenvalue weighted by molar-refractivity contribution is 0.0827. The van der Waals surface area contributed by atoms with E-state index >= 15 is 0 Å². The fourth-order valence-corrected chi connectivity index (χ4v) is 2.53. The second-order valence-corrected chi connectivity index (χ2v) is 6.10. The van der Waals surface area contributed by atoms with Gasteiger partial charge in [0.15, 0.2) is 0 Å². The van der Waals surface area contributed by atoms with Gasteiger partial charge in [0.2, 0.25) is 0 Å². The van der Waals surface area contributed by atoms with Gasteiger partial charge in [-0.1, -0.05) is 24.3 Å². The lowest BCUT2D eigenvalue weighted by atomic mass is 10.0. The number of carbonyl (C=O) groups is 2. The molecule has 7 heteroatoms. The Morgan fingerprint density at radius 1 is 1.00 bits per heavy atom. The van der Waals surface area contributed by atoms with Crippen LogP contribution < -0.4 is 5.32 Å². The molecule has 0 unspecified atom stereocenters. The predicted octanol–water partition coefficient (Wildman–Crippen LogP) is 2.17. The molecule has 0 spiro atoms. The number of amides is 2. The summed E-state index contributed by atoms with van der Waals surface area (Å²) in [6.45, 7) is 0.398. The summed E-state index contributed by atoms with van der Waals surface area (Å²) in [5.74, 6) is -0.310. The van der Waals surface area contributed by atoms with Gasteiger partial charge in [0.05, 0.1) is 11.3 Å². The third-order valence-electron chi connectivity index (χ3n) is 3.97.